The minimum atomic E-state index is 0.286. The number of nitrogens with zero attached hydrogens (tertiary/aromatic N) is 4. The summed E-state index contributed by atoms with van der Waals surface area (Å²) in [5.41, 5.74) is 8.15. The Morgan fingerprint density at radius 2 is 2.00 bits per heavy atom. The van der Waals surface area contributed by atoms with Crippen molar-refractivity contribution < 1.29 is 0 Å². The number of nitrogens with two attached hydrogens (primary N) is 1. The summed E-state index contributed by atoms with van der Waals surface area (Å²) in [5.74, 6) is 1.22. The number of thiocarbonyl (C=S) groups is 1. The lowest BCUT2D eigenvalue weighted by atomic mass is 10.1. The van der Waals surface area contributed by atoms with Crippen LogP contribution in [-0.2, 0) is 0 Å². The van der Waals surface area contributed by atoms with Crippen molar-refractivity contribution in [2.45, 2.75) is 20.8 Å². The molecule has 0 aliphatic rings. The Morgan fingerprint density at radius 3 is 2.56 bits per heavy atom. The van der Waals surface area contributed by atoms with Crippen molar-refractivity contribution in [3.05, 3.63) is 22.6 Å². The van der Waals surface area contributed by atoms with E-state index in [0.29, 0.717) is 22.3 Å². The van der Waals surface area contributed by atoms with E-state index in [1.807, 2.05) is 20.8 Å². The first-order chi connectivity index (χ1) is 8.49. The van der Waals surface area contributed by atoms with E-state index >= 15 is 0 Å². The molecular formula is C10H12N6S2. The first kappa shape index (κ1) is 12.8. The summed E-state index contributed by atoms with van der Waals surface area (Å²) in [7, 11) is 0. The number of anilines is 2. The molecule has 0 fully saturated rings. The maximum absolute atomic E-state index is 5.73. The Labute approximate surface area is 114 Å². The van der Waals surface area contributed by atoms with E-state index in [9.17, 15) is 0 Å². The number of aryl methyl sites for hydroxylation is 2. The lowest BCUT2D eigenvalue weighted by Crippen LogP contribution is -2.16. The van der Waals surface area contributed by atoms with Crippen LogP contribution in [0.25, 0.3) is 0 Å². The SMILES string of the molecule is Cc1nsc(Nc2nnc(C)c(C)c2C(N)=S)n1. The van der Waals surface area contributed by atoms with Crippen LogP contribution in [0.15, 0.2) is 0 Å². The van der Waals surface area contributed by atoms with E-state index in [2.05, 4.69) is 24.9 Å². The number of hydrogen-bond donors (Lipinski definition) is 2. The van der Waals surface area contributed by atoms with Crippen LogP contribution in [-0.4, -0.2) is 24.5 Å². The van der Waals surface area contributed by atoms with Gasteiger partial charge in [0.25, 0.3) is 0 Å². The summed E-state index contributed by atoms with van der Waals surface area (Å²) in [6, 6.07) is 0. The van der Waals surface area contributed by atoms with E-state index in [1.54, 1.807) is 0 Å². The van der Waals surface area contributed by atoms with Gasteiger partial charge >= 0.3 is 0 Å². The lowest BCUT2D eigenvalue weighted by molar-refractivity contribution is 0.962. The third-order valence-corrected chi connectivity index (χ3v) is 3.38. The van der Waals surface area contributed by atoms with Gasteiger partial charge < -0.3 is 11.1 Å². The summed E-state index contributed by atoms with van der Waals surface area (Å²) in [5, 5.41) is 11.8. The smallest absolute Gasteiger partial charge is 0.208 e. The second kappa shape index (κ2) is 4.91. The highest BCUT2D eigenvalue weighted by atomic mass is 32.1. The highest BCUT2D eigenvalue weighted by Crippen LogP contribution is 2.23. The number of aromatic nitrogens is 4. The molecule has 0 saturated carbocycles. The molecule has 2 heterocycles. The van der Waals surface area contributed by atoms with Crippen LogP contribution < -0.4 is 11.1 Å². The van der Waals surface area contributed by atoms with Gasteiger partial charge in [-0.15, -0.1) is 5.10 Å². The predicted molar refractivity (Wildman–Crippen MR) is 75.3 cm³/mol. The van der Waals surface area contributed by atoms with Crippen molar-refractivity contribution in [1.82, 2.24) is 19.6 Å². The third-order valence-electron chi connectivity index (χ3n) is 2.45. The van der Waals surface area contributed by atoms with E-state index in [0.717, 1.165) is 11.3 Å². The molecule has 2 aromatic rings. The minimum Gasteiger partial charge on any atom is -0.389 e. The summed E-state index contributed by atoms with van der Waals surface area (Å²) < 4.78 is 4.08. The van der Waals surface area contributed by atoms with Gasteiger partial charge in [-0.1, -0.05) is 12.2 Å². The summed E-state index contributed by atoms with van der Waals surface area (Å²) in [4.78, 5) is 4.49. The van der Waals surface area contributed by atoms with Crippen LogP contribution in [0.1, 0.15) is 22.6 Å². The molecule has 0 atom stereocenters. The van der Waals surface area contributed by atoms with Crippen LogP contribution in [0, 0.1) is 20.8 Å². The van der Waals surface area contributed by atoms with Crippen molar-refractivity contribution in [3.8, 4) is 0 Å². The highest BCUT2D eigenvalue weighted by Gasteiger charge is 2.14. The van der Waals surface area contributed by atoms with Gasteiger partial charge in [-0.2, -0.15) is 9.47 Å². The van der Waals surface area contributed by atoms with Crippen LogP contribution in [0.2, 0.25) is 0 Å². The van der Waals surface area contributed by atoms with Crippen molar-refractivity contribution in [3.63, 3.8) is 0 Å². The zero-order valence-corrected chi connectivity index (χ0v) is 11.8. The van der Waals surface area contributed by atoms with Crippen molar-refractivity contribution in [1.29, 1.82) is 0 Å². The van der Waals surface area contributed by atoms with Crippen molar-refractivity contribution in [2.75, 3.05) is 5.32 Å². The number of rotatable bonds is 3. The maximum atomic E-state index is 5.73. The van der Waals surface area contributed by atoms with E-state index < -0.39 is 0 Å². The quantitative estimate of drug-likeness (QED) is 0.826. The molecule has 0 aliphatic carbocycles. The van der Waals surface area contributed by atoms with Crippen LogP contribution in [0.5, 0.6) is 0 Å². The molecule has 3 N–H and O–H groups in total. The minimum absolute atomic E-state index is 0.286. The van der Waals surface area contributed by atoms with Crippen LogP contribution in [0.3, 0.4) is 0 Å². The van der Waals surface area contributed by atoms with Gasteiger partial charge in [0, 0.05) is 11.5 Å². The normalized spacial score (nSPS) is 10.4. The predicted octanol–water partition coefficient (Wildman–Crippen LogP) is 1.63. The zero-order chi connectivity index (χ0) is 13.3. The van der Waals surface area contributed by atoms with Gasteiger partial charge in [-0.3, -0.25) is 0 Å². The van der Waals surface area contributed by atoms with Gasteiger partial charge in [0.2, 0.25) is 5.13 Å². The molecule has 0 aliphatic heterocycles. The molecule has 0 spiro atoms. The van der Waals surface area contributed by atoms with Gasteiger partial charge in [0.15, 0.2) is 5.82 Å². The summed E-state index contributed by atoms with van der Waals surface area (Å²) >= 11 is 6.31. The fourth-order valence-corrected chi connectivity index (χ4v) is 2.27. The first-order valence-corrected chi connectivity index (χ1v) is 6.38. The van der Waals surface area contributed by atoms with Crippen LogP contribution >= 0.6 is 23.8 Å². The molecule has 18 heavy (non-hydrogen) atoms. The Morgan fingerprint density at radius 1 is 1.28 bits per heavy atom. The molecule has 0 amide bonds. The van der Waals surface area contributed by atoms with Gasteiger partial charge in [-0.05, 0) is 26.3 Å². The Bertz CT molecular complexity index is 606. The fraction of sp³-hybridized carbons (Fsp3) is 0.300. The molecule has 6 nitrogen and oxygen atoms in total. The third kappa shape index (κ3) is 2.44. The molecular weight excluding hydrogens is 268 g/mol. The average Bonchev–Trinajstić information content (AvgIpc) is 2.69. The molecule has 0 unspecified atom stereocenters. The summed E-state index contributed by atoms with van der Waals surface area (Å²) in [6.07, 6.45) is 0. The number of nitrogens with one attached hydrogen (secondary N) is 1. The van der Waals surface area contributed by atoms with Gasteiger partial charge in [0.05, 0.1) is 11.3 Å². The van der Waals surface area contributed by atoms with Gasteiger partial charge in [-0.25, -0.2) is 4.98 Å². The highest BCUT2D eigenvalue weighted by molar-refractivity contribution is 7.80. The second-order valence-corrected chi connectivity index (χ2v) is 4.96. The monoisotopic (exact) mass is 280 g/mol. The van der Waals surface area contributed by atoms with E-state index in [-0.39, 0.29) is 4.99 Å². The molecule has 0 aromatic carbocycles. The molecule has 0 bridgehead atoms. The van der Waals surface area contributed by atoms with Crippen molar-refractivity contribution >= 4 is 39.7 Å². The Hall–Kier alpha value is -1.67. The van der Waals surface area contributed by atoms with E-state index in [1.165, 1.54) is 11.5 Å². The molecule has 0 radical (unpaired) electrons. The Kier molecular flexibility index (Phi) is 3.48. The molecule has 94 valence electrons. The summed E-state index contributed by atoms with van der Waals surface area (Å²) in [6.45, 7) is 5.60. The lowest BCUT2D eigenvalue weighted by Gasteiger charge is -2.11. The van der Waals surface area contributed by atoms with Gasteiger partial charge in [0.1, 0.15) is 10.8 Å². The molecule has 2 rings (SSSR count). The second-order valence-electron chi connectivity index (χ2n) is 3.77. The zero-order valence-electron chi connectivity index (χ0n) is 10.2. The van der Waals surface area contributed by atoms with E-state index in [4.69, 9.17) is 18.0 Å². The molecule has 0 saturated heterocycles. The largest absolute Gasteiger partial charge is 0.389 e. The van der Waals surface area contributed by atoms with Crippen LogP contribution in [0.4, 0.5) is 10.9 Å². The Balaban J connectivity index is 2.44. The fourth-order valence-electron chi connectivity index (χ4n) is 1.45. The topological polar surface area (TPSA) is 89.6 Å². The standard InChI is InChI=1S/C10H12N6S2/c1-4-5(2)14-15-9(7(4)8(11)17)13-10-12-6(3)16-18-10/h1-3H3,(H2,11,17)(H,12,13,15,16). The van der Waals surface area contributed by atoms with Crippen molar-refractivity contribution in [2.24, 2.45) is 5.73 Å². The maximum Gasteiger partial charge on any atom is 0.208 e. The number of hydrogen-bond acceptors (Lipinski definition) is 7. The molecule has 8 heteroatoms. The average molecular weight is 280 g/mol. The molecule has 2 aromatic heterocycles. The first-order valence-electron chi connectivity index (χ1n) is 5.20.